The zero-order chi connectivity index (χ0) is 23.0. The van der Waals surface area contributed by atoms with E-state index in [-0.39, 0.29) is 11.9 Å². The molecule has 7 nitrogen and oxygen atoms in total. The van der Waals surface area contributed by atoms with Crippen molar-refractivity contribution in [2.45, 2.75) is 65.1 Å². The number of amides is 1. The molecule has 1 aromatic carbocycles. The number of hydrogen-bond donors (Lipinski definition) is 1. The van der Waals surface area contributed by atoms with E-state index in [1.165, 1.54) is 5.56 Å². The second-order valence-electron chi connectivity index (χ2n) is 9.56. The van der Waals surface area contributed by atoms with Crippen LogP contribution in [0.15, 0.2) is 18.2 Å². The number of aryl methyl sites for hydroxylation is 1. The Morgan fingerprint density at radius 2 is 2.00 bits per heavy atom. The molecule has 172 valence electrons. The monoisotopic (exact) mass is 437 g/mol. The third-order valence-corrected chi connectivity index (χ3v) is 6.76. The van der Waals surface area contributed by atoms with Gasteiger partial charge in [-0.25, -0.2) is 9.97 Å². The maximum absolute atomic E-state index is 13.7. The molecule has 1 amide bonds. The van der Waals surface area contributed by atoms with Crippen molar-refractivity contribution in [3.05, 3.63) is 46.4 Å². The number of benzene rings is 1. The highest BCUT2D eigenvalue weighted by molar-refractivity contribution is 5.85. The Morgan fingerprint density at radius 3 is 2.75 bits per heavy atom. The van der Waals surface area contributed by atoms with Gasteiger partial charge < -0.3 is 19.9 Å². The molecule has 1 aromatic heterocycles. The molecule has 0 radical (unpaired) electrons. The number of rotatable bonds is 5. The van der Waals surface area contributed by atoms with Crippen molar-refractivity contribution in [1.29, 1.82) is 0 Å². The molecule has 0 spiro atoms. The Labute approximate surface area is 191 Å². The number of carbonyl (C=O) groups excluding carboxylic acids is 1. The van der Waals surface area contributed by atoms with Gasteiger partial charge in [0.15, 0.2) is 11.4 Å². The van der Waals surface area contributed by atoms with E-state index in [4.69, 9.17) is 14.7 Å². The minimum absolute atomic E-state index is 0.0228. The van der Waals surface area contributed by atoms with Crippen LogP contribution in [0.1, 0.15) is 60.9 Å². The smallest absolute Gasteiger partial charge is 0.266 e. The average Bonchev–Trinajstić information content (AvgIpc) is 3.25. The molecule has 1 fully saturated rings. The first-order valence-electron chi connectivity index (χ1n) is 11.5. The van der Waals surface area contributed by atoms with Crippen molar-refractivity contribution in [2.75, 3.05) is 32.5 Å². The number of fused-ring (bicyclic) bond motifs is 1. The maximum Gasteiger partial charge on any atom is 0.266 e. The van der Waals surface area contributed by atoms with E-state index in [0.717, 1.165) is 66.6 Å². The van der Waals surface area contributed by atoms with Crippen LogP contribution in [-0.2, 0) is 17.8 Å². The maximum atomic E-state index is 13.7. The summed E-state index contributed by atoms with van der Waals surface area (Å²) in [5.41, 5.74) is 3.49. The minimum Gasteiger partial charge on any atom is -0.478 e. The van der Waals surface area contributed by atoms with E-state index in [9.17, 15) is 4.79 Å². The predicted octanol–water partition coefficient (Wildman–Crippen LogP) is 3.64. The van der Waals surface area contributed by atoms with E-state index in [1.807, 2.05) is 44.9 Å². The lowest BCUT2D eigenvalue weighted by Crippen LogP contribution is -2.49. The second kappa shape index (κ2) is 8.70. The summed E-state index contributed by atoms with van der Waals surface area (Å²) in [6.45, 7) is 10.3. The fourth-order valence-electron chi connectivity index (χ4n) is 4.71. The van der Waals surface area contributed by atoms with E-state index < -0.39 is 5.60 Å². The van der Waals surface area contributed by atoms with Crippen molar-refractivity contribution in [3.8, 4) is 5.75 Å². The predicted molar refractivity (Wildman–Crippen MR) is 126 cm³/mol. The molecule has 1 atom stereocenters. The van der Waals surface area contributed by atoms with Crippen molar-refractivity contribution >= 4 is 11.7 Å². The van der Waals surface area contributed by atoms with Crippen LogP contribution < -0.4 is 10.1 Å². The molecule has 1 saturated heterocycles. The first kappa shape index (κ1) is 22.5. The van der Waals surface area contributed by atoms with Crippen LogP contribution in [-0.4, -0.2) is 58.5 Å². The number of aromatic nitrogens is 2. The van der Waals surface area contributed by atoms with Crippen LogP contribution in [0.25, 0.3) is 0 Å². The lowest BCUT2D eigenvalue weighted by molar-refractivity contribution is -0.146. The molecule has 3 heterocycles. The molecule has 2 aliphatic rings. The summed E-state index contributed by atoms with van der Waals surface area (Å²) < 4.78 is 6.27. The van der Waals surface area contributed by atoms with E-state index >= 15 is 0 Å². The molecule has 2 aliphatic heterocycles. The highest BCUT2D eigenvalue weighted by atomic mass is 16.5. The lowest BCUT2D eigenvalue weighted by atomic mass is 10.0. The fourth-order valence-corrected chi connectivity index (χ4v) is 4.71. The normalized spacial score (nSPS) is 19.1. The number of ether oxygens (including phenoxy) is 1. The second-order valence-corrected chi connectivity index (χ2v) is 9.56. The van der Waals surface area contributed by atoms with Gasteiger partial charge in [-0.1, -0.05) is 12.1 Å². The summed E-state index contributed by atoms with van der Waals surface area (Å²) >= 11 is 0. The van der Waals surface area contributed by atoms with E-state index in [1.54, 1.807) is 0 Å². The number of hydrogen-bond acceptors (Lipinski definition) is 6. The molecular weight excluding hydrogens is 402 g/mol. The van der Waals surface area contributed by atoms with E-state index in [2.05, 4.69) is 30.3 Å². The number of nitrogens with zero attached hydrogens (tertiary/aromatic N) is 4. The first-order valence-corrected chi connectivity index (χ1v) is 11.5. The van der Waals surface area contributed by atoms with Gasteiger partial charge in [0.05, 0.1) is 11.7 Å². The third-order valence-electron chi connectivity index (χ3n) is 6.76. The van der Waals surface area contributed by atoms with Gasteiger partial charge in [-0.2, -0.15) is 0 Å². The molecule has 2 aromatic rings. The van der Waals surface area contributed by atoms with Gasteiger partial charge in [0, 0.05) is 32.2 Å². The quantitative estimate of drug-likeness (QED) is 0.770. The summed E-state index contributed by atoms with van der Waals surface area (Å²) in [5, 5.41) is 3.25. The summed E-state index contributed by atoms with van der Waals surface area (Å²) in [4.78, 5) is 27.7. The number of anilines is 1. The Morgan fingerprint density at radius 1 is 1.22 bits per heavy atom. The van der Waals surface area contributed by atoms with Gasteiger partial charge in [0.25, 0.3) is 5.91 Å². The van der Waals surface area contributed by atoms with E-state index in [0.29, 0.717) is 6.54 Å². The van der Waals surface area contributed by atoms with Crippen LogP contribution in [0.3, 0.4) is 0 Å². The third kappa shape index (κ3) is 4.18. The molecule has 1 N–H and O–H groups in total. The highest BCUT2D eigenvalue weighted by Gasteiger charge is 2.41. The number of likely N-dealkylation sites (N-methyl/N-ethyl adjacent to an activating group) is 1. The fraction of sp³-hybridized carbons (Fsp3) is 0.560. The Bertz CT molecular complexity index is 1020. The number of likely N-dealkylation sites (tertiary alicyclic amines) is 1. The van der Waals surface area contributed by atoms with Gasteiger partial charge in [0.2, 0.25) is 0 Å². The van der Waals surface area contributed by atoms with Crippen LogP contribution in [0.4, 0.5) is 5.82 Å². The minimum atomic E-state index is -0.985. The summed E-state index contributed by atoms with van der Waals surface area (Å²) in [6.07, 6.45) is 2.74. The van der Waals surface area contributed by atoms with Crippen LogP contribution in [0.2, 0.25) is 0 Å². The summed E-state index contributed by atoms with van der Waals surface area (Å²) in [7, 11) is 4.02. The van der Waals surface area contributed by atoms with Crippen molar-refractivity contribution in [3.63, 3.8) is 0 Å². The van der Waals surface area contributed by atoms with Crippen molar-refractivity contribution in [2.24, 2.45) is 0 Å². The molecule has 0 aliphatic carbocycles. The molecule has 0 bridgehead atoms. The Kier molecular flexibility index (Phi) is 6.12. The van der Waals surface area contributed by atoms with Crippen molar-refractivity contribution in [1.82, 2.24) is 19.8 Å². The molecule has 0 saturated carbocycles. The molecule has 7 heteroatoms. The Hall–Kier alpha value is -2.67. The van der Waals surface area contributed by atoms with Gasteiger partial charge in [-0.15, -0.1) is 0 Å². The van der Waals surface area contributed by atoms with Gasteiger partial charge >= 0.3 is 0 Å². The topological polar surface area (TPSA) is 70.6 Å². The standard InChI is InChI=1S/C25H35N5O2/c1-16-9-7-11-21(17(16)2)32-25(3,4)24(31)30-13-8-10-20(30)23-27-19-15-29(6)14-12-18(19)22(26-5)28-23/h7,9,11,20H,8,10,12-15H2,1-6H3,(H,26,27,28). The zero-order valence-corrected chi connectivity index (χ0v) is 20.2. The lowest BCUT2D eigenvalue weighted by Gasteiger charge is -2.34. The molecule has 1 unspecified atom stereocenters. The first-order chi connectivity index (χ1) is 15.2. The molecule has 4 rings (SSSR count). The van der Waals surface area contributed by atoms with Crippen LogP contribution >= 0.6 is 0 Å². The molecular formula is C25H35N5O2. The van der Waals surface area contributed by atoms with Crippen molar-refractivity contribution < 1.29 is 9.53 Å². The Balaban J connectivity index is 1.61. The zero-order valence-electron chi connectivity index (χ0n) is 20.2. The summed E-state index contributed by atoms with van der Waals surface area (Å²) in [5.74, 6) is 2.36. The summed E-state index contributed by atoms with van der Waals surface area (Å²) in [6, 6.07) is 5.82. The number of carbonyl (C=O) groups is 1. The largest absolute Gasteiger partial charge is 0.478 e. The van der Waals surface area contributed by atoms with Gasteiger partial charge in [-0.3, -0.25) is 4.79 Å². The van der Waals surface area contributed by atoms with Gasteiger partial charge in [-0.05, 0) is 71.2 Å². The van der Waals surface area contributed by atoms with Gasteiger partial charge in [0.1, 0.15) is 11.6 Å². The van der Waals surface area contributed by atoms with Crippen LogP contribution in [0, 0.1) is 13.8 Å². The molecule has 32 heavy (non-hydrogen) atoms. The average molecular weight is 438 g/mol. The highest BCUT2D eigenvalue weighted by Crippen LogP contribution is 2.35. The van der Waals surface area contributed by atoms with Crippen LogP contribution in [0.5, 0.6) is 5.75 Å². The number of nitrogens with one attached hydrogen (secondary N) is 1. The SMILES string of the molecule is CNc1nc(C2CCCN2C(=O)C(C)(C)Oc2cccc(C)c2C)nc2c1CCN(C)C2.